The maximum Gasteiger partial charge on any atom is 0.273 e. The Bertz CT molecular complexity index is 473. The molecule has 2 N–H and O–H groups in total. The first-order valence-electron chi connectivity index (χ1n) is 7.68. The maximum atomic E-state index is 11.0. The van der Waals surface area contributed by atoms with Gasteiger partial charge in [-0.3, -0.25) is 10.1 Å². The number of hydrogen-bond donors (Lipinski definition) is 2. The largest absolute Gasteiger partial charge is 0.385 e. The molecule has 1 saturated heterocycles. The van der Waals surface area contributed by atoms with Crippen LogP contribution in [0, 0.1) is 10.1 Å². The van der Waals surface area contributed by atoms with Gasteiger partial charge in [0.1, 0.15) is 0 Å². The van der Waals surface area contributed by atoms with Crippen LogP contribution >= 0.6 is 0 Å². The summed E-state index contributed by atoms with van der Waals surface area (Å²) in [5.41, 5.74) is 1.71. The lowest BCUT2D eigenvalue weighted by molar-refractivity contribution is -0.384. The molecule has 0 aromatic heterocycles. The molecule has 1 aliphatic rings. The number of nitrogens with zero attached hydrogens (tertiary/aromatic N) is 2. The van der Waals surface area contributed by atoms with Gasteiger partial charge in [0.2, 0.25) is 0 Å². The summed E-state index contributed by atoms with van der Waals surface area (Å²) < 4.78 is 0. The molecule has 0 unspecified atom stereocenters. The molecule has 21 heavy (non-hydrogen) atoms. The van der Waals surface area contributed by atoms with Gasteiger partial charge in [-0.25, -0.2) is 0 Å². The van der Waals surface area contributed by atoms with E-state index in [1.165, 1.54) is 32.4 Å². The molecule has 1 heterocycles. The SMILES string of the molecule is CCNc1cc(NCCN2CCCCC2)cc([N+](=O)[O-])c1. The average Bonchev–Trinajstić information content (AvgIpc) is 2.48. The van der Waals surface area contributed by atoms with Gasteiger partial charge in [-0.15, -0.1) is 0 Å². The topological polar surface area (TPSA) is 70.4 Å². The molecule has 0 atom stereocenters. The zero-order chi connectivity index (χ0) is 15.1. The molecule has 2 rings (SSSR count). The highest BCUT2D eigenvalue weighted by molar-refractivity contribution is 5.63. The van der Waals surface area contributed by atoms with E-state index in [0.29, 0.717) is 0 Å². The first-order chi connectivity index (χ1) is 10.2. The van der Waals surface area contributed by atoms with Crippen LogP contribution < -0.4 is 10.6 Å². The van der Waals surface area contributed by atoms with Crippen molar-refractivity contribution in [2.45, 2.75) is 26.2 Å². The third-order valence-corrected chi connectivity index (χ3v) is 3.72. The second kappa shape index (κ2) is 7.83. The van der Waals surface area contributed by atoms with Crippen molar-refractivity contribution >= 4 is 17.1 Å². The maximum absolute atomic E-state index is 11.0. The van der Waals surface area contributed by atoms with Crippen LogP contribution in [0.1, 0.15) is 26.2 Å². The normalized spacial score (nSPS) is 15.7. The number of rotatable bonds is 7. The summed E-state index contributed by atoms with van der Waals surface area (Å²) in [4.78, 5) is 13.1. The predicted molar refractivity (Wildman–Crippen MR) is 86.0 cm³/mol. The number of likely N-dealkylation sites (tertiary alicyclic amines) is 1. The van der Waals surface area contributed by atoms with E-state index in [1.54, 1.807) is 12.1 Å². The summed E-state index contributed by atoms with van der Waals surface area (Å²) in [5.74, 6) is 0. The highest BCUT2D eigenvalue weighted by atomic mass is 16.6. The Balaban J connectivity index is 1.92. The summed E-state index contributed by atoms with van der Waals surface area (Å²) in [5, 5.41) is 17.4. The fraction of sp³-hybridized carbons (Fsp3) is 0.600. The quantitative estimate of drug-likeness (QED) is 0.597. The molecule has 0 radical (unpaired) electrons. The van der Waals surface area contributed by atoms with Gasteiger partial charge in [0.25, 0.3) is 5.69 Å². The van der Waals surface area contributed by atoms with Crippen LogP contribution in [-0.2, 0) is 0 Å². The fourth-order valence-corrected chi connectivity index (χ4v) is 2.67. The fourth-order valence-electron chi connectivity index (χ4n) is 2.67. The molecule has 1 aromatic carbocycles. The van der Waals surface area contributed by atoms with Crippen molar-refractivity contribution in [2.75, 3.05) is 43.4 Å². The van der Waals surface area contributed by atoms with Gasteiger partial charge in [0, 0.05) is 43.1 Å². The molecule has 0 amide bonds. The zero-order valence-electron chi connectivity index (χ0n) is 12.6. The van der Waals surface area contributed by atoms with Gasteiger partial charge in [0.15, 0.2) is 0 Å². The summed E-state index contributed by atoms with van der Waals surface area (Å²) in [6.07, 6.45) is 3.89. The van der Waals surface area contributed by atoms with Gasteiger partial charge in [-0.05, 0) is 38.9 Å². The third kappa shape index (κ3) is 4.90. The van der Waals surface area contributed by atoms with E-state index >= 15 is 0 Å². The van der Waals surface area contributed by atoms with Crippen LogP contribution in [0.15, 0.2) is 18.2 Å². The molecule has 1 aliphatic heterocycles. The number of nitro benzene ring substituents is 1. The van der Waals surface area contributed by atoms with Crippen LogP contribution in [0.2, 0.25) is 0 Å². The lowest BCUT2D eigenvalue weighted by Gasteiger charge is -2.26. The molecule has 116 valence electrons. The predicted octanol–water partition coefficient (Wildman–Crippen LogP) is 2.92. The van der Waals surface area contributed by atoms with E-state index in [9.17, 15) is 10.1 Å². The molecule has 0 spiro atoms. The summed E-state index contributed by atoms with van der Waals surface area (Å²) in [6, 6.07) is 5.09. The van der Waals surface area contributed by atoms with Gasteiger partial charge in [-0.2, -0.15) is 0 Å². The lowest BCUT2D eigenvalue weighted by atomic mass is 10.1. The minimum absolute atomic E-state index is 0.119. The Morgan fingerprint density at radius 1 is 1.14 bits per heavy atom. The standard InChI is InChI=1S/C15H24N4O2/c1-2-16-13-10-14(12-15(11-13)19(20)21)17-6-9-18-7-4-3-5-8-18/h10-12,16-17H,2-9H2,1H3. The van der Waals surface area contributed by atoms with E-state index < -0.39 is 0 Å². The van der Waals surface area contributed by atoms with E-state index in [2.05, 4.69) is 15.5 Å². The Labute approximate surface area is 125 Å². The smallest absolute Gasteiger partial charge is 0.273 e. The Morgan fingerprint density at radius 2 is 1.81 bits per heavy atom. The zero-order valence-corrected chi connectivity index (χ0v) is 12.6. The molecule has 1 fully saturated rings. The number of benzene rings is 1. The van der Waals surface area contributed by atoms with Crippen LogP contribution in [0.5, 0.6) is 0 Å². The van der Waals surface area contributed by atoms with Gasteiger partial charge in [0.05, 0.1) is 4.92 Å². The Hall–Kier alpha value is -1.82. The molecule has 6 heteroatoms. The highest BCUT2D eigenvalue weighted by Crippen LogP contribution is 2.24. The minimum Gasteiger partial charge on any atom is -0.385 e. The number of piperidine rings is 1. The third-order valence-electron chi connectivity index (χ3n) is 3.72. The van der Waals surface area contributed by atoms with Crippen LogP contribution in [0.3, 0.4) is 0 Å². The Kier molecular flexibility index (Phi) is 5.80. The van der Waals surface area contributed by atoms with Crippen LogP contribution in [0.25, 0.3) is 0 Å². The van der Waals surface area contributed by atoms with Crippen molar-refractivity contribution in [3.63, 3.8) is 0 Å². The second-order valence-corrected chi connectivity index (χ2v) is 5.39. The first kappa shape index (κ1) is 15.6. The lowest BCUT2D eigenvalue weighted by Crippen LogP contribution is -2.33. The summed E-state index contributed by atoms with van der Waals surface area (Å²) >= 11 is 0. The molecule has 0 bridgehead atoms. The number of nitro groups is 1. The van der Waals surface area contributed by atoms with Crippen molar-refractivity contribution < 1.29 is 4.92 Å². The van der Waals surface area contributed by atoms with Gasteiger partial charge < -0.3 is 15.5 Å². The van der Waals surface area contributed by atoms with Crippen molar-refractivity contribution in [3.05, 3.63) is 28.3 Å². The van der Waals surface area contributed by atoms with Crippen molar-refractivity contribution in [3.8, 4) is 0 Å². The first-order valence-corrected chi connectivity index (χ1v) is 7.68. The van der Waals surface area contributed by atoms with Crippen LogP contribution in [0.4, 0.5) is 17.1 Å². The number of anilines is 2. The van der Waals surface area contributed by atoms with Crippen molar-refractivity contribution in [1.82, 2.24) is 4.90 Å². The van der Waals surface area contributed by atoms with Crippen molar-refractivity contribution in [2.24, 2.45) is 0 Å². The van der Waals surface area contributed by atoms with E-state index in [4.69, 9.17) is 0 Å². The van der Waals surface area contributed by atoms with E-state index in [1.807, 2.05) is 13.0 Å². The van der Waals surface area contributed by atoms with Gasteiger partial charge in [-0.1, -0.05) is 6.42 Å². The molecule has 1 aromatic rings. The Morgan fingerprint density at radius 3 is 2.43 bits per heavy atom. The average molecular weight is 292 g/mol. The van der Waals surface area contributed by atoms with E-state index in [-0.39, 0.29) is 10.6 Å². The molecule has 6 nitrogen and oxygen atoms in total. The summed E-state index contributed by atoms with van der Waals surface area (Å²) in [7, 11) is 0. The monoisotopic (exact) mass is 292 g/mol. The molecular formula is C15H24N4O2. The second-order valence-electron chi connectivity index (χ2n) is 5.39. The van der Waals surface area contributed by atoms with E-state index in [0.717, 1.165) is 31.0 Å². The van der Waals surface area contributed by atoms with Crippen molar-refractivity contribution in [1.29, 1.82) is 0 Å². The van der Waals surface area contributed by atoms with Crippen LogP contribution in [-0.4, -0.2) is 42.5 Å². The summed E-state index contributed by atoms with van der Waals surface area (Å²) in [6.45, 7) is 6.85. The molecular weight excluding hydrogens is 268 g/mol. The number of hydrogen-bond acceptors (Lipinski definition) is 5. The molecule has 0 aliphatic carbocycles. The highest BCUT2D eigenvalue weighted by Gasteiger charge is 2.11. The number of non-ortho nitro benzene ring substituents is 1. The van der Waals surface area contributed by atoms with Gasteiger partial charge >= 0.3 is 0 Å². The molecule has 0 saturated carbocycles. The number of nitrogens with one attached hydrogen (secondary N) is 2. The minimum atomic E-state index is -0.351.